The Hall–Kier alpha value is -1.04. The van der Waals surface area contributed by atoms with Gasteiger partial charge < -0.3 is 15.2 Å². The Morgan fingerprint density at radius 3 is 2.65 bits per heavy atom. The Labute approximate surface area is 99.4 Å². The van der Waals surface area contributed by atoms with E-state index in [2.05, 4.69) is 5.32 Å². The molecule has 1 rings (SSSR count). The number of halogens is 2. The summed E-state index contributed by atoms with van der Waals surface area (Å²) in [5, 5.41) is 12.3. The minimum absolute atomic E-state index is 0.0329. The van der Waals surface area contributed by atoms with Crippen molar-refractivity contribution in [2.45, 2.75) is 12.5 Å². The van der Waals surface area contributed by atoms with Crippen LogP contribution < -0.4 is 5.32 Å². The van der Waals surface area contributed by atoms with Gasteiger partial charge >= 0.3 is 0 Å². The summed E-state index contributed by atoms with van der Waals surface area (Å²) in [7, 11) is 1.58. The molecule has 96 valence electrons. The number of aliphatic hydroxyl groups excluding tert-OH is 1. The number of nitrogens with one attached hydrogen (secondary N) is 1. The number of ether oxygens (including phenoxy) is 1. The molecule has 0 spiro atoms. The number of benzene rings is 1. The van der Waals surface area contributed by atoms with E-state index in [0.717, 1.165) is 0 Å². The molecular formula is C12H17F2NO2. The van der Waals surface area contributed by atoms with Gasteiger partial charge in [0.15, 0.2) is 0 Å². The van der Waals surface area contributed by atoms with Gasteiger partial charge in [-0.1, -0.05) is 18.2 Å². The Kier molecular flexibility index (Phi) is 6.04. The molecule has 0 bridgehead atoms. The smallest absolute Gasteiger partial charge is 0.263 e. The van der Waals surface area contributed by atoms with Crippen molar-refractivity contribution in [3.05, 3.63) is 35.4 Å². The molecule has 0 heterocycles. The molecule has 1 aromatic carbocycles. The van der Waals surface area contributed by atoms with E-state index in [0.29, 0.717) is 18.7 Å². The number of aliphatic hydroxyl groups is 1. The van der Waals surface area contributed by atoms with Crippen LogP contribution in [-0.2, 0) is 4.74 Å². The lowest BCUT2D eigenvalue weighted by Gasteiger charge is -2.17. The third-order valence-corrected chi connectivity index (χ3v) is 2.44. The quantitative estimate of drug-likeness (QED) is 0.721. The highest BCUT2D eigenvalue weighted by molar-refractivity contribution is 5.26. The summed E-state index contributed by atoms with van der Waals surface area (Å²) in [6.45, 7) is 0.919. The molecule has 0 aliphatic heterocycles. The van der Waals surface area contributed by atoms with Gasteiger partial charge in [-0.05, 0) is 11.6 Å². The van der Waals surface area contributed by atoms with Crippen LogP contribution in [0.3, 0.4) is 0 Å². The number of methoxy groups -OCH3 is 1. The monoisotopic (exact) mass is 245 g/mol. The zero-order chi connectivity index (χ0) is 12.7. The molecule has 0 aliphatic carbocycles. The molecule has 1 unspecified atom stereocenters. The third kappa shape index (κ3) is 4.38. The van der Waals surface area contributed by atoms with Crippen molar-refractivity contribution >= 4 is 0 Å². The highest BCUT2D eigenvalue weighted by Crippen LogP contribution is 2.22. The fraction of sp³-hybridized carbons (Fsp3) is 0.500. The molecule has 0 radical (unpaired) electrons. The van der Waals surface area contributed by atoms with E-state index in [9.17, 15) is 13.9 Å². The number of rotatable bonds is 7. The normalized spacial score (nSPS) is 13.0. The third-order valence-electron chi connectivity index (χ3n) is 2.44. The summed E-state index contributed by atoms with van der Waals surface area (Å²) in [4.78, 5) is 0. The van der Waals surface area contributed by atoms with Crippen LogP contribution in [0.15, 0.2) is 24.3 Å². The number of hydrogen-bond donors (Lipinski definition) is 2. The van der Waals surface area contributed by atoms with Crippen molar-refractivity contribution in [2.75, 3.05) is 26.9 Å². The Balaban J connectivity index is 2.70. The Morgan fingerprint density at radius 1 is 1.35 bits per heavy atom. The van der Waals surface area contributed by atoms with Crippen molar-refractivity contribution in [3.8, 4) is 0 Å². The largest absolute Gasteiger partial charge is 0.394 e. The first-order chi connectivity index (χ1) is 8.19. The van der Waals surface area contributed by atoms with Gasteiger partial charge in [0, 0.05) is 19.2 Å². The van der Waals surface area contributed by atoms with Crippen molar-refractivity contribution in [1.82, 2.24) is 5.32 Å². The van der Waals surface area contributed by atoms with Crippen LogP contribution in [0, 0.1) is 0 Å². The summed E-state index contributed by atoms with van der Waals surface area (Å²) >= 11 is 0. The molecule has 1 aromatic rings. The lowest BCUT2D eigenvalue weighted by atomic mass is 10.0. The SMILES string of the molecule is COCCNC(CO)c1cccc(C(F)F)c1. The predicted octanol–water partition coefficient (Wildman–Crippen LogP) is 1.89. The summed E-state index contributed by atoms with van der Waals surface area (Å²) in [5.74, 6) is 0. The van der Waals surface area contributed by atoms with Gasteiger partial charge in [0.1, 0.15) is 0 Å². The second kappa shape index (κ2) is 7.32. The first kappa shape index (κ1) is 14.0. The highest BCUT2D eigenvalue weighted by Gasteiger charge is 2.13. The molecule has 5 heteroatoms. The molecule has 1 atom stereocenters. The van der Waals surface area contributed by atoms with Gasteiger partial charge in [-0.3, -0.25) is 0 Å². The topological polar surface area (TPSA) is 41.5 Å². The van der Waals surface area contributed by atoms with Gasteiger partial charge in [-0.2, -0.15) is 0 Å². The highest BCUT2D eigenvalue weighted by atomic mass is 19.3. The minimum atomic E-state index is -2.49. The van der Waals surface area contributed by atoms with Crippen molar-refractivity contribution in [3.63, 3.8) is 0 Å². The number of hydrogen-bond acceptors (Lipinski definition) is 3. The molecule has 2 N–H and O–H groups in total. The standard InChI is InChI=1S/C12H17F2NO2/c1-17-6-5-15-11(8-16)9-3-2-4-10(7-9)12(13)14/h2-4,7,11-12,15-16H,5-6,8H2,1H3. The van der Waals surface area contributed by atoms with Crippen LogP contribution in [0.5, 0.6) is 0 Å². The Morgan fingerprint density at radius 2 is 2.06 bits per heavy atom. The molecule has 0 saturated heterocycles. The fourth-order valence-electron chi connectivity index (χ4n) is 1.53. The van der Waals surface area contributed by atoms with Crippen LogP contribution >= 0.6 is 0 Å². The van der Waals surface area contributed by atoms with Gasteiger partial charge in [0.2, 0.25) is 0 Å². The van der Waals surface area contributed by atoms with E-state index in [1.807, 2.05) is 0 Å². The van der Waals surface area contributed by atoms with Crippen LogP contribution in [-0.4, -0.2) is 32.0 Å². The molecule has 0 fully saturated rings. The molecule has 0 saturated carbocycles. The van der Waals surface area contributed by atoms with Gasteiger partial charge in [0.25, 0.3) is 6.43 Å². The Bertz CT molecular complexity index is 334. The van der Waals surface area contributed by atoms with Crippen LogP contribution in [0.1, 0.15) is 23.6 Å². The maximum Gasteiger partial charge on any atom is 0.263 e. The van der Waals surface area contributed by atoms with E-state index in [1.165, 1.54) is 12.1 Å². The maximum atomic E-state index is 12.5. The predicted molar refractivity (Wildman–Crippen MR) is 61.1 cm³/mol. The van der Waals surface area contributed by atoms with E-state index in [-0.39, 0.29) is 18.2 Å². The molecule has 3 nitrogen and oxygen atoms in total. The molecule has 0 aliphatic rings. The van der Waals surface area contributed by atoms with Crippen molar-refractivity contribution < 1.29 is 18.6 Å². The van der Waals surface area contributed by atoms with Gasteiger partial charge in [0.05, 0.1) is 19.3 Å². The van der Waals surface area contributed by atoms with Crippen molar-refractivity contribution in [2.24, 2.45) is 0 Å². The summed E-state index contributed by atoms with van der Waals surface area (Å²) in [6.07, 6.45) is -2.49. The molecule has 17 heavy (non-hydrogen) atoms. The first-order valence-electron chi connectivity index (χ1n) is 5.40. The molecule has 0 amide bonds. The zero-order valence-corrected chi connectivity index (χ0v) is 9.70. The summed E-state index contributed by atoms with van der Waals surface area (Å²) in [6, 6.07) is 5.72. The van der Waals surface area contributed by atoms with Gasteiger partial charge in [-0.25, -0.2) is 8.78 Å². The molecule has 0 aromatic heterocycles. The van der Waals surface area contributed by atoms with Crippen LogP contribution in [0.4, 0.5) is 8.78 Å². The zero-order valence-electron chi connectivity index (χ0n) is 9.70. The lowest BCUT2D eigenvalue weighted by Crippen LogP contribution is -2.27. The number of alkyl halides is 2. The second-order valence-electron chi connectivity index (χ2n) is 3.65. The first-order valence-corrected chi connectivity index (χ1v) is 5.40. The minimum Gasteiger partial charge on any atom is -0.394 e. The van der Waals surface area contributed by atoms with Crippen molar-refractivity contribution in [1.29, 1.82) is 0 Å². The summed E-state index contributed by atoms with van der Waals surface area (Å²) < 4.78 is 29.9. The van der Waals surface area contributed by atoms with E-state index >= 15 is 0 Å². The van der Waals surface area contributed by atoms with E-state index in [4.69, 9.17) is 4.74 Å². The second-order valence-corrected chi connectivity index (χ2v) is 3.65. The fourth-order valence-corrected chi connectivity index (χ4v) is 1.53. The summed E-state index contributed by atoms with van der Waals surface area (Å²) in [5.41, 5.74) is 0.621. The maximum absolute atomic E-state index is 12.5. The van der Waals surface area contributed by atoms with E-state index in [1.54, 1.807) is 19.2 Å². The lowest BCUT2D eigenvalue weighted by molar-refractivity contribution is 0.151. The van der Waals surface area contributed by atoms with E-state index < -0.39 is 6.43 Å². The molecular weight excluding hydrogens is 228 g/mol. The van der Waals surface area contributed by atoms with Crippen LogP contribution in [0.25, 0.3) is 0 Å². The average Bonchev–Trinajstić information content (AvgIpc) is 2.35. The van der Waals surface area contributed by atoms with Gasteiger partial charge in [-0.15, -0.1) is 0 Å². The van der Waals surface area contributed by atoms with Crippen LogP contribution in [0.2, 0.25) is 0 Å². The average molecular weight is 245 g/mol.